The average Bonchev–Trinajstić information content (AvgIpc) is 3.45. The van der Waals surface area contributed by atoms with Crippen molar-refractivity contribution in [1.82, 2.24) is 14.9 Å². The van der Waals surface area contributed by atoms with Gasteiger partial charge in [0.15, 0.2) is 5.78 Å². The highest BCUT2D eigenvalue weighted by Crippen LogP contribution is 2.39. The average molecular weight is 347 g/mol. The van der Waals surface area contributed by atoms with Crippen LogP contribution in [-0.4, -0.2) is 72.1 Å². The van der Waals surface area contributed by atoms with Gasteiger partial charge in [-0.25, -0.2) is 9.97 Å². The minimum absolute atomic E-state index is 0.0508. The lowest BCUT2D eigenvalue weighted by Gasteiger charge is -2.34. The summed E-state index contributed by atoms with van der Waals surface area (Å²) in [4.78, 5) is 25.6. The minimum Gasteiger partial charge on any atom is -0.369 e. The van der Waals surface area contributed by atoms with Gasteiger partial charge in [-0.2, -0.15) is 0 Å². The first kappa shape index (κ1) is 18.2. The van der Waals surface area contributed by atoms with Crippen LogP contribution in [0.25, 0.3) is 0 Å². The van der Waals surface area contributed by atoms with Crippen LogP contribution < -0.4 is 10.6 Å². The summed E-state index contributed by atoms with van der Waals surface area (Å²) in [5.41, 5.74) is 6.92. The number of aromatic nitrogens is 2. The van der Waals surface area contributed by atoms with E-state index >= 15 is 0 Å². The summed E-state index contributed by atoms with van der Waals surface area (Å²) < 4.78 is 5.50. The number of ketones is 1. The van der Waals surface area contributed by atoms with Crippen LogP contribution >= 0.6 is 0 Å². The van der Waals surface area contributed by atoms with Gasteiger partial charge in [0.05, 0.1) is 13.2 Å². The Morgan fingerprint density at radius 3 is 2.44 bits per heavy atom. The first-order valence-corrected chi connectivity index (χ1v) is 9.22. The predicted octanol–water partition coefficient (Wildman–Crippen LogP) is 0.797. The molecule has 1 aromatic heterocycles. The van der Waals surface area contributed by atoms with Gasteiger partial charge in [-0.15, -0.1) is 0 Å². The number of carbonyl (C=O) groups excluding carboxylic acids is 1. The Morgan fingerprint density at radius 2 is 1.88 bits per heavy atom. The Kier molecular flexibility index (Phi) is 5.98. The molecule has 1 aromatic rings. The van der Waals surface area contributed by atoms with Gasteiger partial charge in [0, 0.05) is 44.6 Å². The van der Waals surface area contributed by atoms with Gasteiger partial charge in [0.2, 0.25) is 5.95 Å². The molecule has 7 heteroatoms. The summed E-state index contributed by atoms with van der Waals surface area (Å²) in [5, 5.41) is 0. The maximum absolute atomic E-state index is 12.2. The third kappa shape index (κ3) is 5.20. The molecule has 7 nitrogen and oxygen atoms in total. The first-order valence-electron chi connectivity index (χ1n) is 9.22. The molecule has 1 unspecified atom stereocenters. The summed E-state index contributed by atoms with van der Waals surface area (Å²) in [6, 6.07) is -0.0508. The van der Waals surface area contributed by atoms with E-state index in [1.807, 2.05) is 19.3 Å². The molecule has 0 bridgehead atoms. The van der Waals surface area contributed by atoms with E-state index in [2.05, 4.69) is 19.8 Å². The fourth-order valence-electron chi connectivity index (χ4n) is 2.97. The van der Waals surface area contributed by atoms with Gasteiger partial charge in [-0.05, 0) is 38.2 Å². The lowest BCUT2D eigenvalue weighted by atomic mass is 10.2. The molecule has 138 valence electrons. The number of hydrogen-bond donors (Lipinski definition) is 1. The smallest absolute Gasteiger partial charge is 0.225 e. The second-order valence-corrected chi connectivity index (χ2v) is 7.27. The summed E-state index contributed by atoms with van der Waals surface area (Å²) in [6.07, 6.45) is 6.06. The highest BCUT2D eigenvalue weighted by atomic mass is 16.5. The summed E-state index contributed by atoms with van der Waals surface area (Å²) >= 11 is 0. The van der Waals surface area contributed by atoms with Crippen LogP contribution in [-0.2, 0) is 9.53 Å². The number of carbonyl (C=O) groups is 1. The monoisotopic (exact) mass is 347 g/mol. The fourth-order valence-corrected chi connectivity index (χ4v) is 2.97. The number of Topliss-reactive ketones (excluding diaryl/α,β-unsaturated/α-hetero) is 1. The lowest BCUT2D eigenvalue weighted by Crippen LogP contribution is -2.49. The molecular weight excluding hydrogens is 318 g/mol. The molecule has 2 heterocycles. The predicted molar refractivity (Wildman–Crippen MR) is 96.7 cm³/mol. The van der Waals surface area contributed by atoms with E-state index in [1.54, 1.807) is 6.92 Å². The molecule has 2 fully saturated rings. The molecule has 2 N–H and O–H groups in total. The standard InChI is InChI=1S/C18H29N5O2/c1-13(19)12-25-14(2)17(24)11-22-5-7-23(8-6-22)18-20-9-16(10-21-18)15-3-4-15/h9-10,13-15H,3-8,11-12,19H2,1-2H3/t13-,14?/m0/s1. The van der Waals surface area contributed by atoms with E-state index in [-0.39, 0.29) is 11.8 Å². The molecule has 1 aliphatic heterocycles. The second kappa shape index (κ2) is 8.21. The van der Waals surface area contributed by atoms with Crippen molar-refractivity contribution in [2.75, 3.05) is 44.2 Å². The van der Waals surface area contributed by atoms with Gasteiger partial charge in [0.25, 0.3) is 0 Å². The van der Waals surface area contributed by atoms with E-state index in [0.29, 0.717) is 19.1 Å². The zero-order valence-corrected chi connectivity index (χ0v) is 15.2. The fraction of sp³-hybridized carbons (Fsp3) is 0.722. The normalized spacial score (nSPS) is 21.2. The van der Waals surface area contributed by atoms with Gasteiger partial charge in [-0.1, -0.05) is 0 Å². The molecule has 0 amide bonds. The van der Waals surface area contributed by atoms with Crippen molar-refractivity contribution in [2.45, 2.75) is 44.8 Å². The number of hydrogen-bond acceptors (Lipinski definition) is 7. The van der Waals surface area contributed by atoms with Gasteiger partial charge >= 0.3 is 0 Å². The van der Waals surface area contributed by atoms with Crippen LogP contribution in [0.4, 0.5) is 5.95 Å². The van der Waals surface area contributed by atoms with Crippen LogP contribution in [0.3, 0.4) is 0 Å². The van der Waals surface area contributed by atoms with Crippen LogP contribution in [0, 0.1) is 0 Å². The molecule has 0 radical (unpaired) electrons. The molecule has 2 aliphatic rings. The van der Waals surface area contributed by atoms with E-state index in [4.69, 9.17) is 10.5 Å². The van der Waals surface area contributed by atoms with Crippen molar-refractivity contribution >= 4 is 11.7 Å². The molecule has 1 aliphatic carbocycles. The molecule has 3 rings (SSSR count). The Labute approximate surface area is 149 Å². The third-order valence-corrected chi connectivity index (χ3v) is 4.80. The molecule has 25 heavy (non-hydrogen) atoms. The van der Waals surface area contributed by atoms with Crippen molar-refractivity contribution in [3.05, 3.63) is 18.0 Å². The first-order chi connectivity index (χ1) is 12.0. The number of rotatable bonds is 8. The van der Waals surface area contributed by atoms with Crippen molar-refractivity contribution in [1.29, 1.82) is 0 Å². The highest BCUT2D eigenvalue weighted by molar-refractivity contribution is 5.84. The van der Waals surface area contributed by atoms with Crippen LogP contribution in [0.1, 0.15) is 38.2 Å². The minimum atomic E-state index is -0.401. The molecule has 2 atom stereocenters. The molecule has 0 aromatic carbocycles. The van der Waals surface area contributed by atoms with Crippen molar-refractivity contribution < 1.29 is 9.53 Å². The Bertz CT molecular complexity index is 565. The summed E-state index contributed by atoms with van der Waals surface area (Å²) in [6.45, 7) is 7.85. The van der Waals surface area contributed by atoms with Crippen LogP contribution in [0.15, 0.2) is 12.4 Å². The van der Waals surface area contributed by atoms with E-state index in [1.165, 1.54) is 18.4 Å². The van der Waals surface area contributed by atoms with Gasteiger partial charge in [-0.3, -0.25) is 9.69 Å². The van der Waals surface area contributed by atoms with Crippen molar-refractivity contribution in [3.8, 4) is 0 Å². The quantitative estimate of drug-likeness (QED) is 0.744. The zero-order valence-electron chi connectivity index (χ0n) is 15.2. The topological polar surface area (TPSA) is 84.6 Å². The van der Waals surface area contributed by atoms with Crippen LogP contribution in [0.2, 0.25) is 0 Å². The highest BCUT2D eigenvalue weighted by Gasteiger charge is 2.26. The summed E-state index contributed by atoms with van der Waals surface area (Å²) in [7, 11) is 0. The Hall–Kier alpha value is -1.57. The largest absolute Gasteiger partial charge is 0.369 e. The number of anilines is 1. The Balaban J connectivity index is 1.42. The van der Waals surface area contributed by atoms with Gasteiger partial charge in [0.1, 0.15) is 6.10 Å². The van der Waals surface area contributed by atoms with Crippen LogP contribution in [0.5, 0.6) is 0 Å². The molecular formula is C18H29N5O2. The van der Waals surface area contributed by atoms with Gasteiger partial charge < -0.3 is 15.4 Å². The maximum Gasteiger partial charge on any atom is 0.225 e. The SMILES string of the molecule is CC(OC[C@H](C)N)C(=O)CN1CCN(c2ncc(C3CC3)cn2)CC1. The molecule has 1 saturated heterocycles. The van der Waals surface area contributed by atoms with E-state index in [9.17, 15) is 4.79 Å². The summed E-state index contributed by atoms with van der Waals surface area (Å²) in [5.74, 6) is 1.59. The number of ether oxygens (including phenoxy) is 1. The number of nitrogens with two attached hydrogens (primary N) is 1. The lowest BCUT2D eigenvalue weighted by molar-refractivity contribution is -0.130. The second-order valence-electron chi connectivity index (χ2n) is 7.27. The zero-order chi connectivity index (χ0) is 17.8. The molecule has 0 spiro atoms. The van der Waals surface area contributed by atoms with E-state index < -0.39 is 6.10 Å². The van der Waals surface area contributed by atoms with Crippen molar-refractivity contribution in [3.63, 3.8) is 0 Å². The van der Waals surface area contributed by atoms with E-state index in [0.717, 1.165) is 32.1 Å². The third-order valence-electron chi connectivity index (χ3n) is 4.80. The number of nitrogens with zero attached hydrogens (tertiary/aromatic N) is 4. The Morgan fingerprint density at radius 1 is 1.24 bits per heavy atom. The maximum atomic E-state index is 12.2. The number of piperazine rings is 1. The molecule has 1 saturated carbocycles. The van der Waals surface area contributed by atoms with Crippen molar-refractivity contribution in [2.24, 2.45) is 5.73 Å².